The molecule has 0 atom stereocenters. The lowest BCUT2D eigenvalue weighted by Gasteiger charge is -2.27. The maximum absolute atomic E-state index is 13.2. The van der Waals surface area contributed by atoms with Gasteiger partial charge in [-0.25, -0.2) is 0 Å². The van der Waals surface area contributed by atoms with Crippen molar-refractivity contribution in [2.75, 3.05) is 37.0 Å². The van der Waals surface area contributed by atoms with Gasteiger partial charge in [0.15, 0.2) is 6.61 Å². The Morgan fingerprint density at radius 2 is 1.74 bits per heavy atom. The smallest absolute Gasteiger partial charge is 0.264 e. The fraction of sp³-hybridized carbons (Fsp3) is 0.286. The average Bonchev–Trinajstić information content (AvgIpc) is 2.87. The summed E-state index contributed by atoms with van der Waals surface area (Å²) in [6, 6.07) is 21.6. The highest BCUT2D eigenvalue weighted by atomic mass is 35.5. The Kier molecular flexibility index (Phi) is 7.73. The van der Waals surface area contributed by atoms with Gasteiger partial charge in [0.1, 0.15) is 5.75 Å². The molecule has 1 saturated heterocycles. The molecule has 0 aliphatic carbocycles. The first-order chi connectivity index (χ1) is 16.6. The zero-order chi connectivity index (χ0) is 23.5. The third-order valence-electron chi connectivity index (χ3n) is 6.60. The van der Waals surface area contributed by atoms with E-state index >= 15 is 0 Å². The van der Waals surface area contributed by atoms with Crippen molar-refractivity contribution in [3.8, 4) is 16.9 Å². The zero-order valence-electron chi connectivity index (χ0n) is 19.8. The van der Waals surface area contributed by atoms with Crippen LogP contribution in [0.3, 0.4) is 0 Å². The molecule has 3 aromatic rings. The highest BCUT2D eigenvalue weighted by Gasteiger charge is 2.23. The number of carbonyl (C=O) groups is 2. The van der Waals surface area contributed by atoms with Crippen LogP contribution in [0.15, 0.2) is 66.7 Å². The van der Waals surface area contributed by atoms with E-state index in [4.69, 9.17) is 4.74 Å². The summed E-state index contributed by atoms with van der Waals surface area (Å²) < 4.78 is 5.49. The normalized spacial score (nSPS) is 15.6. The van der Waals surface area contributed by atoms with Crippen molar-refractivity contribution in [3.05, 3.63) is 77.9 Å². The van der Waals surface area contributed by atoms with Crippen LogP contribution in [0.2, 0.25) is 0 Å². The molecule has 0 saturated carbocycles. The van der Waals surface area contributed by atoms with Crippen LogP contribution in [-0.2, 0) is 11.3 Å². The summed E-state index contributed by atoms with van der Waals surface area (Å²) in [5.74, 6) is 0.344. The SMILES string of the molecule is CN1C(=O)COc2ccc(NC(=O)c3ccc(-c4ccccc4)c(CN4CCCCC4)c3)cc21.Cl. The number of hydrogen-bond donors (Lipinski definition) is 1. The molecule has 182 valence electrons. The molecule has 0 unspecified atom stereocenters. The quantitative estimate of drug-likeness (QED) is 0.521. The van der Waals surface area contributed by atoms with E-state index in [-0.39, 0.29) is 30.8 Å². The number of rotatable bonds is 5. The van der Waals surface area contributed by atoms with Crippen molar-refractivity contribution in [1.82, 2.24) is 4.90 Å². The molecule has 1 fully saturated rings. The van der Waals surface area contributed by atoms with Gasteiger partial charge in [-0.2, -0.15) is 0 Å². The Hall–Kier alpha value is -3.35. The number of anilines is 2. The number of halogens is 1. The molecule has 5 rings (SSSR count). The van der Waals surface area contributed by atoms with Gasteiger partial charge in [0.25, 0.3) is 11.8 Å². The van der Waals surface area contributed by atoms with Crippen molar-refractivity contribution in [1.29, 1.82) is 0 Å². The summed E-state index contributed by atoms with van der Waals surface area (Å²) >= 11 is 0. The lowest BCUT2D eigenvalue weighted by atomic mass is 9.96. The van der Waals surface area contributed by atoms with Crippen molar-refractivity contribution >= 4 is 35.6 Å². The minimum absolute atomic E-state index is 0. The van der Waals surface area contributed by atoms with Crippen LogP contribution < -0.4 is 15.0 Å². The van der Waals surface area contributed by atoms with Crippen LogP contribution in [0.5, 0.6) is 5.75 Å². The second-order valence-electron chi connectivity index (χ2n) is 8.95. The molecular weight excluding hydrogens is 462 g/mol. The second kappa shape index (κ2) is 10.9. The first kappa shape index (κ1) is 24.8. The molecule has 3 aromatic carbocycles. The Balaban J connectivity index is 0.00000289. The van der Waals surface area contributed by atoms with Crippen LogP contribution in [0.4, 0.5) is 11.4 Å². The lowest BCUT2D eigenvalue weighted by molar-refractivity contribution is -0.120. The van der Waals surface area contributed by atoms with Crippen LogP contribution >= 0.6 is 12.4 Å². The van der Waals surface area contributed by atoms with Crippen LogP contribution in [-0.4, -0.2) is 43.5 Å². The second-order valence-corrected chi connectivity index (χ2v) is 8.95. The standard InChI is InChI=1S/C28H29N3O3.ClH/c1-30-25-17-23(11-13-26(25)34-19-27(30)32)29-28(33)21-10-12-24(20-8-4-2-5-9-20)22(16-21)18-31-14-6-3-7-15-31;/h2,4-5,8-13,16-17H,3,6-7,14-15,18-19H2,1H3,(H,29,33);1H. The number of likely N-dealkylation sites (tertiary alicyclic amines) is 1. The highest BCUT2D eigenvalue weighted by Crippen LogP contribution is 2.34. The van der Waals surface area contributed by atoms with Gasteiger partial charge in [-0.3, -0.25) is 14.5 Å². The van der Waals surface area contributed by atoms with Crippen LogP contribution in [0.1, 0.15) is 35.2 Å². The Morgan fingerprint density at radius 1 is 0.971 bits per heavy atom. The summed E-state index contributed by atoms with van der Waals surface area (Å²) in [7, 11) is 1.71. The fourth-order valence-corrected chi connectivity index (χ4v) is 4.68. The molecule has 2 aliphatic rings. The predicted molar refractivity (Wildman–Crippen MR) is 142 cm³/mol. The number of nitrogens with zero attached hydrogens (tertiary/aromatic N) is 2. The molecule has 0 radical (unpaired) electrons. The van der Waals surface area contributed by atoms with Gasteiger partial charge >= 0.3 is 0 Å². The van der Waals surface area contributed by atoms with E-state index in [0.717, 1.165) is 36.3 Å². The summed E-state index contributed by atoms with van der Waals surface area (Å²) in [5, 5.41) is 2.99. The highest BCUT2D eigenvalue weighted by molar-refractivity contribution is 6.05. The third-order valence-corrected chi connectivity index (χ3v) is 6.60. The minimum atomic E-state index is -0.176. The van der Waals surface area contributed by atoms with E-state index in [1.165, 1.54) is 19.3 Å². The van der Waals surface area contributed by atoms with E-state index in [0.29, 0.717) is 22.7 Å². The van der Waals surface area contributed by atoms with Gasteiger partial charge in [-0.1, -0.05) is 42.8 Å². The maximum Gasteiger partial charge on any atom is 0.264 e. The van der Waals surface area contributed by atoms with E-state index < -0.39 is 0 Å². The number of benzene rings is 3. The maximum atomic E-state index is 13.2. The topological polar surface area (TPSA) is 61.9 Å². The Morgan fingerprint density at radius 3 is 2.51 bits per heavy atom. The van der Waals surface area contributed by atoms with Crippen LogP contribution in [0.25, 0.3) is 11.1 Å². The Bertz CT molecular complexity index is 1210. The third kappa shape index (κ3) is 5.50. The fourth-order valence-electron chi connectivity index (χ4n) is 4.68. The Labute approximate surface area is 212 Å². The number of hydrogen-bond acceptors (Lipinski definition) is 4. The van der Waals surface area contributed by atoms with E-state index in [1.54, 1.807) is 30.1 Å². The van der Waals surface area contributed by atoms with Crippen molar-refractivity contribution < 1.29 is 14.3 Å². The van der Waals surface area contributed by atoms with Gasteiger partial charge in [0, 0.05) is 24.8 Å². The molecule has 2 heterocycles. The van der Waals surface area contributed by atoms with Crippen LogP contribution in [0, 0.1) is 0 Å². The molecule has 7 heteroatoms. The average molecular weight is 492 g/mol. The first-order valence-electron chi connectivity index (χ1n) is 11.8. The molecule has 0 aromatic heterocycles. The molecule has 35 heavy (non-hydrogen) atoms. The molecule has 2 amide bonds. The summed E-state index contributed by atoms with van der Waals surface area (Å²) in [6.45, 7) is 3.04. The number of likely N-dealkylation sites (N-methyl/N-ethyl adjacent to an activating group) is 1. The van der Waals surface area contributed by atoms with Crippen molar-refractivity contribution in [2.45, 2.75) is 25.8 Å². The van der Waals surface area contributed by atoms with Gasteiger partial charge in [0.05, 0.1) is 5.69 Å². The van der Waals surface area contributed by atoms with Crippen molar-refractivity contribution in [3.63, 3.8) is 0 Å². The minimum Gasteiger partial charge on any atom is -0.482 e. The molecule has 0 bridgehead atoms. The molecular formula is C28H30ClN3O3. The summed E-state index contributed by atoms with van der Waals surface area (Å²) in [5.41, 5.74) is 5.37. The van der Waals surface area contributed by atoms with E-state index in [2.05, 4.69) is 28.4 Å². The number of nitrogens with one attached hydrogen (secondary N) is 1. The zero-order valence-corrected chi connectivity index (χ0v) is 20.6. The van der Waals surface area contributed by atoms with Gasteiger partial charge in [0.2, 0.25) is 0 Å². The molecule has 6 nitrogen and oxygen atoms in total. The monoisotopic (exact) mass is 491 g/mol. The number of ether oxygens (including phenoxy) is 1. The number of piperidine rings is 1. The molecule has 0 spiro atoms. The summed E-state index contributed by atoms with van der Waals surface area (Å²) in [6.07, 6.45) is 3.73. The lowest BCUT2D eigenvalue weighted by Crippen LogP contribution is -2.35. The van der Waals surface area contributed by atoms with Gasteiger partial charge < -0.3 is 15.0 Å². The summed E-state index contributed by atoms with van der Waals surface area (Å²) in [4.78, 5) is 29.2. The number of fused-ring (bicyclic) bond motifs is 1. The molecule has 2 aliphatic heterocycles. The van der Waals surface area contributed by atoms with E-state index in [1.807, 2.05) is 30.3 Å². The number of carbonyl (C=O) groups excluding carboxylic acids is 2. The molecule has 1 N–H and O–H groups in total. The van der Waals surface area contributed by atoms with Gasteiger partial charge in [-0.15, -0.1) is 12.4 Å². The number of amides is 2. The predicted octanol–water partition coefficient (Wildman–Crippen LogP) is 5.37. The first-order valence-corrected chi connectivity index (χ1v) is 11.8. The van der Waals surface area contributed by atoms with Crippen molar-refractivity contribution in [2.24, 2.45) is 0 Å². The van der Waals surface area contributed by atoms with Gasteiger partial charge in [-0.05, 0) is 73.0 Å². The van der Waals surface area contributed by atoms with E-state index in [9.17, 15) is 9.59 Å². The largest absolute Gasteiger partial charge is 0.482 e.